The molecule has 0 N–H and O–H groups in total. The van der Waals surface area contributed by atoms with Crippen LogP contribution in [0.2, 0.25) is 0 Å². The van der Waals surface area contributed by atoms with Gasteiger partial charge in [-0.15, -0.1) is 0 Å². The zero-order valence-corrected chi connectivity index (χ0v) is 59.0. The van der Waals surface area contributed by atoms with Gasteiger partial charge in [0.1, 0.15) is 0 Å². The Kier molecular flexibility index (Phi) is 14.4. The third kappa shape index (κ3) is 10.3. The van der Waals surface area contributed by atoms with E-state index in [0.717, 1.165) is 34.1 Å². The molecule has 0 fully saturated rings. The van der Waals surface area contributed by atoms with Crippen LogP contribution in [0.4, 0.5) is 34.1 Å². The Balaban J connectivity index is 0.860. The Morgan fingerprint density at radius 2 is 0.653 bits per heavy atom. The summed E-state index contributed by atoms with van der Waals surface area (Å²) in [5, 5.41) is 12.1. The molecule has 0 saturated heterocycles. The molecule has 0 amide bonds. The lowest BCUT2D eigenvalue weighted by Gasteiger charge is -2.30. The van der Waals surface area contributed by atoms with E-state index in [1.807, 2.05) is 0 Å². The molecule has 0 atom stereocenters. The van der Waals surface area contributed by atoms with Crippen LogP contribution in [0.25, 0.3) is 121 Å². The molecule has 18 rings (SSSR count). The normalized spacial score (nSPS) is 13.4. The van der Waals surface area contributed by atoms with Gasteiger partial charge >= 0.3 is 0 Å². The molecule has 101 heavy (non-hydrogen) atoms. The van der Waals surface area contributed by atoms with Crippen LogP contribution in [0.1, 0.15) is 102 Å². The van der Waals surface area contributed by atoms with E-state index in [-0.39, 0.29) is 16.2 Å². The zero-order valence-electron chi connectivity index (χ0n) is 59.0. The minimum absolute atomic E-state index is 0.0246. The van der Waals surface area contributed by atoms with Crippen molar-refractivity contribution in [3.8, 4) is 66.8 Å². The fraction of sp³-hybridized carbons (Fsp3) is 0.131. The Morgan fingerprint density at radius 1 is 0.257 bits per heavy atom. The van der Waals surface area contributed by atoms with E-state index >= 15 is 0 Å². The molecule has 0 heterocycles. The summed E-state index contributed by atoms with van der Waals surface area (Å²) in [4.78, 5) is 5.02. The maximum Gasteiger partial charge on any atom is 0.0468 e. The maximum absolute atomic E-state index is 2.51. The second kappa shape index (κ2) is 23.5. The van der Waals surface area contributed by atoms with Crippen LogP contribution < -0.4 is 9.80 Å². The molecule has 0 bridgehead atoms. The average Bonchev–Trinajstić information content (AvgIpc) is 1.17. The van der Waals surface area contributed by atoms with Gasteiger partial charge < -0.3 is 9.80 Å². The van der Waals surface area contributed by atoms with Gasteiger partial charge in [0, 0.05) is 45.0 Å². The topological polar surface area (TPSA) is 6.48 Å². The molecular weight excluding hydrogens is 1220 g/mol. The molecule has 16 aromatic carbocycles. The second-order valence-corrected chi connectivity index (χ2v) is 30.7. The minimum Gasteiger partial charge on any atom is -0.310 e. The zero-order chi connectivity index (χ0) is 68.6. The van der Waals surface area contributed by atoms with Crippen molar-refractivity contribution in [2.45, 2.75) is 84.5 Å². The van der Waals surface area contributed by atoms with E-state index in [2.05, 4.69) is 388 Å². The number of hydrogen-bond donors (Lipinski definition) is 0. The number of rotatable bonds is 11. The molecular formula is C99H80N2. The highest BCUT2D eigenvalue weighted by Crippen LogP contribution is 2.56. The summed E-state index contributed by atoms with van der Waals surface area (Å²) in [5.74, 6) is 0.390. The van der Waals surface area contributed by atoms with Crippen molar-refractivity contribution in [3.05, 3.63) is 349 Å². The van der Waals surface area contributed by atoms with Gasteiger partial charge in [-0.25, -0.2) is 0 Å². The van der Waals surface area contributed by atoms with E-state index in [1.165, 1.54) is 154 Å². The van der Waals surface area contributed by atoms with Crippen molar-refractivity contribution in [2.75, 3.05) is 9.80 Å². The van der Waals surface area contributed by atoms with Crippen LogP contribution in [-0.2, 0) is 16.2 Å². The molecule has 16 aromatic rings. The minimum atomic E-state index is -0.286. The quantitative estimate of drug-likeness (QED) is 0.119. The Morgan fingerprint density at radius 3 is 1.17 bits per heavy atom. The summed E-state index contributed by atoms with van der Waals surface area (Å²) in [7, 11) is 0. The lowest BCUT2D eigenvalue weighted by molar-refractivity contribution is 0.590. The first-order valence-electron chi connectivity index (χ1n) is 36.0. The van der Waals surface area contributed by atoms with Crippen molar-refractivity contribution in [2.24, 2.45) is 0 Å². The van der Waals surface area contributed by atoms with Crippen LogP contribution in [0, 0.1) is 0 Å². The van der Waals surface area contributed by atoms with Gasteiger partial charge in [-0.1, -0.05) is 281 Å². The number of benzene rings is 16. The smallest absolute Gasteiger partial charge is 0.0468 e. The first-order valence-corrected chi connectivity index (χ1v) is 36.0. The standard InChI is InChI=1S/C99H80N2/c1-62(2)63-34-40-75(41-35-63)100(79-44-50-85-83-48-36-70(64-20-11-10-12-21-64)56-91(83)98(6,7)93(85)60-79)77-46-52-87-89(58-77)95(72-32-30-65-22-13-15-25-68(65)54-72)88-53-47-78(59-90(88)96(87)73-33-31-66-23-14-16-26-69(66)55-73)101(76-42-38-74(39-43-76)97(3,4)5)80-45-51-86-84-49-37-71(57-92(84)99(8,9)94(86)61-80)82-29-19-27-67-24-17-18-28-81(67)82/h10-62H,1-9H3. The Labute approximate surface area is 594 Å². The highest BCUT2D eigenvalue weighted by molar-refractivity contribution is 6.23. The molecule has 0 radical (unpaired) electrons. The van der Waals surface area contributed by atoms with E-state index in [0.29, 0.717) is 5.92 Å². The number of fused-ring (bicyclic) bond motifs is 11. The SMILES string of the molecule is CC(C)c1ccc(N(c2ccc3c(c2)C(C)(C)c2cc(-c4ccccc4)ccc2-3)c2ccc3c(-c4ccc5ccccc5c4)c4cc(N(c5ccc(C(C)(C)C)cc5)c5ccc6c(c5)C(C)(C)c5cc(-c7cccc8ccccc78)ccc5-6)ccc4c(-c4ccc5ccccc5c4)c3c2)cc1. The van der Waals surface area contributed by atoms with Crippen LogP contribution in [0.3, 0.4) is 0 Å². The summed E-state index contributed by atoms with van der Waals surface area (Å²) < 4.78 is 0. The molecule has 0 unspecified atom stereocenters. The van der Waals surface area contributed by atoms with Gasteiger partial charge in [-0.05, 0) is 262 Å². The molecule has 0 aromatic heterocycles. The van der Waals surface area contributed by atoms with Crippen molar-refractivity contribution in [1.29, 1.82) is 0 Å². The van der Waals surface area contributed by atoms with E-state index < -0.39 is 0 Å². The van der Waals surface area contributed by atoms with Gasteiger partial charge in [0.25, 0.3) is 0 Å². The lowest BCUT2D eigenvalue weighted by atomic mass is 9.81. The fourth-order valence-corrected chi connectivity index (χ4v) is 17.0. The largest absolute Gasteiger partial charge is 0.310 e. The molecule has 0 saturated carbocycles. The van der Waals surface area contributed by atoms with Crippen LogP contribution in [-0.4, -0.2) is 0 Å². The highest BCUT2D eigenvalue weighted by Gasteiger charge is 2.39. The molecule has 2 nitrogen and oxygen atoms in total. The third-order valence-corrected chi connectivity index (χ3v) is 22.5. The summed E-state index contributed by atoms with van der Waals surface area (Å²) in [6.07, 6.45) is 0. The van der Waals surface area contributed by atoms with Gasteiger partial charge in [0.15, 0.2) is 0 Å². The second-order valence-electron chi connectivity index (χ2n) is 30.7. The van der Waals surface area contributed by atoms with E-state index in [4.69, 9.17) is 0 Å². The van der Waals surface area contributed by atoms with Crippen molar-refractivity contribution in [1.82, 2.24) is 0 Å². The highest BCUT2D eigenvalue weighted by atomic mass is 15.1. The molecule has 486 valence electrons. The maximum atomic E-state index is 2.51. The predicted molar refractivity (Wildman–Crippen MR) is 433 cm³/mol. The monoisotopic (exact) mass is 1300 g/mol. The first-order chi connectivity index (χ1) is 49.0. The molecule has 0 spiro atoms. The van der Waals surface area contributed by atoms with Crippen LogP contribution in [0.15, 0.2) is 315 Å². The number of nitrogens with zero attached hydrogens (tertiary/aromatic N) is 2. The van der Waals surface area contributed by atoms with Crippen LogP contribution >= 0.6 is 0 Å². The van der Waals surface area contributed by atoms with Gasteiger partial charge in [0.05, 0.1) is 0 Å². The van der Waals surface area contributed by atoms with Crippen molar-refractivity contribution >= 4 is 88.0 Å². The van der Waals surface area contributed by atoms with E-state index in [9.17, 15) is 0 Å². The molecule has 2 heteroatoms. The van der Waals surface area contributed by atoms with Crippen LogP contribution in [0.5, 0.6) is 0 Å². The van der Waals surface area contributed by atoms with Gasteiger partial charge in [-0.3, -0.25) is 0 Å². The fourth-order valence-electron chi connectivity index (χ4n) is 17.0. The Bertz CT molecular complexity index is 6010. The van der Waals surface area contributed by atoms with E-state index in [1.54, 1.807) is 0 Å². The summed E-state index contributed by atoms with van der Waals surface area (Å²) in [5.41, 5.74) is 29.0. The first kappa shape index (κ1) is 61.7. The van der Waals surface area contributed by atoms with Gasteiger partial charge in [0.2, 0.25) is 0 Å². The summed E-state index contributed by atoms with van der Waals surface area (Å²) >= 11 is 0. The van der Waals surface area contributed by atoms with Gasteiger partial charge in [-0.2, -0.15) is 0 Å². The number of anilines is 6. The Hall–Kier alpha value is -11.6. The van der Waals surface area contributed by atoms with Crippen molar-refractivity contribution in [3.63, 3.8) is 0 Å². The molecule has 2 aliphatic carbocycles. The number of hydrogen-bond acceptors (Lipinski definition) is 2. The average molecular weight is 1300 g/mol. The summed E-state index contributed by atoms with van der Waals surface area (Å²) in [6.45, 7) is 21.1. The molecule has 0 aliphatic heterocycles. The summed E-state index contributed by atoms with van der Waals surface area (Å²) in [6, 6.07) is 120. The lowest BCUT2D eigenvalue weighted by Crippen LogP contribution is -2.17. The predicted octanol–water partition coefficient (Wildman–Crippen LogP) is 28.1. The third-order valence-electron chi connectivity index (χ3n) is 22.5. The molecule has 2 aliphatic rings. The van der Waals surface area contributed by atoms with Crippen molar-refractivity contribution < 1.29 is 0 Å².